The molecular formula is C61H65N. The Morgan fingerprint density at radius 1 is 0.339 bits per heavy atom. The zero-order valence-electron chi connectivity index (χ0n) is 39.7. The molecule has 0 radical (unpaired) electrons. The third-order valence-corrected chi connectivity index (χ3v) is 14.4. The number of hydrogen-bond acceptors (Lipinski definition) is 1. The number of rotatable bonds is 5. The minimum atomic E-state index is -0.130. The maximum absolute atomic E-state index is 2.50. The zero-order chi connectivity index (χ0) is 44.3. The molecule has 1 heteroatoms. The zero-order valence-corrected chi connectivity index (χ0v) is 39.7. The van der Waals surface area contributed by atoms with Crippen molar-refractivity contribution in [3.63, 3.8) is 0 Å². The van der Waals surface area contributed by atoms with Gasteiger partial charge in [-0.3, -0.25) is 0 Å². The standard InChI is InChI=1S/C61H65N/c1-38-51(39-20-28-47-49-30-24-42(58(5,6)7)34-55(49)60(11,12)53(47)32-39)36-46(62(44-18-16-15-17-19-44)45-26-22-41(23-27-45)57(2,3)4)37-52(38)40-21-29-48-50-31-25-43(59(8,9)10)35-56(50)61(13,14)54(48)33-40/h15-37H,1-14H3. The molecule has 0 aliphatic heterocycles. The molecule has 0 fully saturated rings. The lowest BCUT2D eigenvalue weighted by atomic mass is 9.78. The van der Waals surface area contributed by atoms with Crippen LogP contribution in [-0.2, 0) is 27.1 Å². The van der Waals surface area contributed by atoms with Gasteiger partial charge >= 0.3 is 0 Å². The molecule has 0 spiro atoms. The Kier molecular flexibility index (Phi) is 9.53. The van der Waals surface area contributed by atoms with Gasteiger partial charge in [-0.1, -0.05) is 181 Å². The van der Waals surface area contributed by atoms with Crippen LogP contribution in [0.25, 0.3) is 44.5 Å². The van der Waals surface area contributed by atoms with Crippen LogP contribution in [0.3, 0.4) is 0 Å². The maximum atomic E-state index is 2.50. The summed E-state index contributed by atoms with van der Waals surface area (Å²) in [6.45, 7) is 32.7. The average molecular weight is 812 g/mol. The summed E-state index contributed by atoms with van der Waals surface area (Å²) in [4.78, 5) is 2.45. The number of nitrogens with zero attached hydrogens (tertiary/aromatic N) is 1. The highest BCUT2D eigenvalue weighted by Crippen LogP contribution is 2.54. The molecule has 0 N–H and O–H groups in total. The van der Waals surface area contributed by atoms with Crippen molar-refractivity contribution in [2.24, 2.45) is 0 Å². The lowest BCUT2D eigenvalue weighted by Crippen LogP contribution is -2.17. The van der Waals surface area contributed by atoms with Crippen LogP contribution in [-0.4, -0.2) is 0 Å². The van der Waals surface area contributed by atoms with Crippen molar-refractivity contribution in [1.82, 2.24) is 0 Å². The second-order valence-electron chi connectivity index (χ2n) is 22.4. The first-order valence-corrected chi connectivity index (χ1v) is 22.8. The number of anilines is 3. The fraction of sp³-hybridized carbons (Fsp3) is 0.311. The summed E-state index contributed by atoms with van der Waals surface area (Å²) < 4.78 is 0. The van der Waals surface area contributed by atoms with Crippen LogP contribution in [0.1, 0.15) is 135 Å². The van der Waals surface area contributed by atoms with Crippen LogP contribution in [0.2, 0.25) is 0 Å². The Hall–Kier alpha value is -5.66. The molecule has 2 aliphatic rings. The smallest absolute Gasteiger partial charge is 0.0474 e. The summed E-state index contributed by atoms with van der Waals surface area (Å²) in [7, 11) is 0. The van der Waals surface area contributed by atoms with Crippen LogP contribution >= 0.6 is 0 Å². The summed E-state index contributed by atoms with van der Waals surface area (Å²) in [5.74, 6) is 0. The number of hydrogen-bond donors (Lipinski definition) is 0. The van der Waals surface area contributed by atoms with Crippen molar-refractivity contribution in [3.8, 4) is 44.5 Å². The molecule has 2 aliphatic carbocycles. The molecule has 0 atom stereocenters. The van der Waals surface area contributed by atoms with E-state index in [1.165, 1.54) is 89.0 Å². The monoisotopic (exact) mass is 812 g/mol. The summed E-state index contributed by atoms with van der Waals surface area (Å²) in [5.41, 5.74) is 24.9. The molecule has 7 aromatic rings. The number of fused-ring (bicyclic) bond motifs is 6. The Labute approximate surface area is 372 Å². The first-order valence-electron chi connectivity index (χ1n) is 22.8. The fourth-order valence-electron chi connectivity index (χ4n) is 10.3. The molecule has 7 aromatic carbocycles. The Balaban J connectivity index is 1.26. The molecule has 0 unspecified atom stereocenters. The van der Waals surface area contributed by atoms with Gasteiger partial charge in [-0.05, 0) is 161 Å². The lowest BCUT2D eigenvalue weighted by molar-refractivity contribution is 0.584. The SMILES string of the molecule is Cc1c(-c2ccc3c(c2)C(C)(C)c2cc(C(C)(C)C)ccc2-3)cc(N(c2ccccc2)c2ccc(C(C)(C)C)cc2)cc1-c1ccc2c(c1)C(C)(C)c1cc(C(C)(C)C)ccc1-2. The van der Waals surface area contributed by atoms with Crippen LogP contribution in [0.15, 0.2) is 140 Å². The number of benzene rings is 7. The minimum Gasteiger partial charge on any atom is -0.310 e. The van der Waals surface area contributed by atoms with Gasteiger partial charge in [0.05, 0.1) is 0 Å². The molecular weight excluding hydrogens is 747 g/mol. The van der Waals surface area contributed by atoms with Crippen molar-refractivity contribution in [3.05, 3.63) is 184 Å². The van der Waals surface area contributed by atoms with Gasteiger partial charge in [-0.2, -0.15) is 0 Å². The van der Waals surface area contributed by atoms with E-state index >= 15 is 0 Å². The first kappa shape index (κ1) is 41.7. The van der Waals surface area contributed by atoms with E-state index < -0.39 is 0 Å². The third-order valence-electron chi connectivity index (χ3n) is 14.4. The van der Waals surface area contributed by atoms with Crippen LogP contribution < -0.4 is 4.90 Å². The topological polar surface area (TPSA) is 3.24 Å². The van der Waals surface area contributed by atoms with Crippen molar-refractivity contribution in [2.45, 2.75) is 124 Å². The van der Waals surface area contributed by atoms with E-state index in [-0.39, 0.29) is 27.1 Å². The van der Waals surface area contributed by atoms with Gasteiger partial charge in [0.1, 0.15) is 0 Å². The van der Waals surface area contributed by atoms with E-state index in [2.05, 4.69) is 241 Å². The van der Waals surface area contributed by atoms with Gasteiger partial charge in [0.2, 0.25) is 0 Å². The van der Waals surface area contributed by atoms with Gasteiger partial charge in [0.15, 0.2) is 0 Å². The third kappa shape index (κ3) is 6.84. The van der Waals surface area contributed by atoms with E-state index in [0.29, 0.717) is 0 Å². The normalized spacial score (nSPS) is 14.9. The van der Waals surface area contributed by atoms with Gasteiger partial charge in [-0.25, -0.2) is 0 Å². The van der Waals surface area contributed by atoms with Gasteiger partial charge in [0.25, 0.3) is 0 Å². The summed E-state index contributed by atoms with van der Waals surface area (Å²) in [6.07, 6.45) is 0. The van der Waals surface area contributed by atoms with E-state index in [0.717, 1.165) is 17.1 Å². The van der Waals surface area contributed by atoms with Crippen LogP contribution in [0, 0.1) is 6.92 Å². The highest BCUT2D eigenvalue weighted by Gasteiger charge is 2.38. The molecule has 0 amide bonds. The highest BCUT2D eigenvalue weighted by molar-refractivity contribution is 5.91. The lowest BCUT2D eigenvalue weighted by Gasteiger charge is -2.29. The Morgan fingerprint density at radius 2 is 0.694 bits per heavy atom. The summed E-state index contributed by atoms with van der Waals surface area (Å²) >= 11 is 0. The minimum absolute atomic E-state index is 0.0605. The maximum Gasteiger partial charge on any atom is 0.0474 e. The van der Waals surface area contributed by atoms with Crippen molar-refractivity contribution in [2.75, 3.05) is 4.90 Å². The van der Waals surface area contributed by atoms with E-state index in [4.69, 9.17) is 0 Å². The second kappa shape index (κ2) is 14.2. The quantitative estimate of drug-likeness (QED) is 0.167. The van der Waals surface area contributed by atoms with Crippen LogP contribution in [0.5, 0.6) is 0 Å². The predicted molar refractivity (Wildman–Crippen MR) is 268 cm³/mol. The molecule has 0 heterocycles. The molecule has 0 bridgehead atoms. The van der Waals surface area contributed by atoms with Gasteiger partial charge in [0, 0.05) is 27.9 Å². The Morgan fingerprint density at radius 3 is 1.10 bits per heavy atom. The molecule has 314 valence electrons. The van der Waals surface area contributed by atoms with E-state index in [9.17, 15) is 0 Å². The molecule has 9 rings (SSSR count). The van der Waals surface area contributed by atoms with E-state index in [1.54, 1.807) is 0 Å². The summed E-state index contributed by atoms with van der Waals surface area (Å²) in [5, 5.41) is 0. The van der Waals surface area contributed by atoms with Crippen molar-refractivity contribution >= 4 is 17.1 Å². The largest absolute Gasteiger partial charge is 0.310 e. The molecule has 1 nitrogen and oxygen atoms in total. The van der Waals surface area contributed by atoms with Crippen LogP contribution in [0.4, 0.5) is 17.1 Å². The predicted octanol–water partition coefficient (Wildman–Crippen LogP) is 17.3. The highest BCUT2D eigenvalue weighted by atomic mass is 15.1. The number of para-hydroxylation sites is 1. The Bertz CT molecular complexity index is 2730. The molecule has 0 aromatic heterocycles. The van der Waals surface area contributed by atoms with Crippen molar-refractivity contribution in [1.29, 1.82) is 0 Å². The average Bonchev–Trinajstić information content (AvgIpc) is 3.59. The fourth-order valence-corrected chi connectivity index (χ4v) is 10.3. The van der Waals surface area contributed by atoms with Gasteiger partial charge in [-0.15, -0.1) is 0 Å². The summed E-state index contributed by atoms with van der Waals surface area (Å²) in [6, 6.07) is 53.9. The molecule has 62 heavy (non-hydrogen) atoms. The van der Waals surface area contributed by atoms with Gasteiger partial charge < -0.3 is 4.90 Å². The van der Waals surface area contributed by atoms with E-state index in [1.807, 2.05) is 0 Å². The molecule has 0 saturated heterocycles. The second-order valence-corrected chi connectivity index (χ2v) is 22.4. The van der Waals surface area contributed by atoms with Crippen molar-refractivity contribution < 1.29 is 0 Å². The first-order chi connectivity index (χ1) is 29.0. The molecule has 0 saturated carbocycles.